The second-order valence-corrected chi connectivity index (χ2v) is 8.33. The lowest BCUT2D eigenvalue weighted by Crippen LogP contribution is -2.33. The minimum absolute atomic E-state index is 0.00870. The Labute approximate surface area is 192 Å². The minimum Gasteiger partial charge on any atom is -0.504 e. The molecule has 33 heavy (non-hydrogen) atoms. The van der Waals surface area contributed by atoms with Crippen molar-refractivity contribution in [2.24, 2.45) is 23.7 Å². The van der Waals surface area contributed by atoms with Crippen LogP contribution >= 0.6 is 0 Å². The SMILES string of the molecule is CCC(CC(CCC(CC(C)C(=O)NCCc1ccc(O)c(O)c1)C(=O)O)C(=O)O)C(=O)O. The molecule has 4 unspecified atom stereocenters. The average molecular weight is 468 g/mol. The number of phenolic OH excluding ortho intramolecular Hbond substituents is 2. The van der Waals surface area contributed by atoms with Gasteiger partial charge in [0.1, 0.15) is 0 Å². The van der Waals surface area contributed by atoms with Crippen molar-refractivity contribution in [2.75, 3.05) is 6.54 Å². The molecule has 0 spiro atoms. The quantitative estimate of drug-likeness (QED) is 0.211. The number of carbonyl (C=O) groups is 4. The molecule has 1 aromatic rings. The smallest absolute Gasteiger partial charge is 0.306 e. The van der Waals surface area contributed by atoms with Gasteiger partial charge in [-0.3, -0.25) is 19.2 Å². The Hall–Kier alpha value is -3.30. The second kappa shape index (κ2) is 13.3. The van der Waals surface area contributed by atoms with Gasteiger partial charge in [-0.05, 0) is 56.2 Å². The van der Waals surface area contributed by atoms with Gasteiger partial charge in [-0.25, -0.2) is 0 Å². The lowest BCUT2D eigenvalue weighted by atomic mass is 9.84. The van der Waals surface area contributed by atoms with Crippen LogP contribution in [0.5, 0.6) is 11.5 Å². The predicted molar refractivity (Wildman–Crippen MR) is 118 cm³/mol. The summed E-state index contributed by atoms with van der Waals surface area (Å²) in [5.74, 6) is -7.58. The summed E-state index contributed by atoms with van der Waals surface area (Å²) >= 11 is 0. The van der Waals surface area contributed by atoms with Crippen molar-refractivity contribution in [1.29, 1.82) is 0 Å². The summed E-state index contributed by atoms with van der Waals surface area (Å²) in [6, 6.07) is 4.34. The fraction of sp³-hybridized carbons (Fsp3) is 0.565. The number of amides is 1. The molecule has 1 aromatic carbocycles. The van der Waals surface area contributed by atoms with E-state index in [0.717, 1.165) is 0 Å². The van der Waals surface area contributed by atoms with E-state index in [2.05, 4.69) is 5.32 Å². The molecule has 0 aromatic heterocycles. The number of hydrogen-bond donors (Lipinski definition) is 6. The Morgan fingerprint density at radius 2 is 1.39 bits per heavy atom. The molecule has 6 N–H and O–H groups in total. The van der Waals surface area contributed by atoms with Crippen molar-refractivity contribution in [3.05, 3.63) is 23.8 Å². The maximum Gasteiger partial charge on any atom is 0.306 e. The van der Waals surface area contributed by atoms with Crippen molar-refractivity contribution in [1.82, 2.24) is 5.32 Å². The van der Waals surface area contributed by atoms with Crippen molar-refractivity contribution < 1.29 is 44.7 Å². The summed E-state index contributed by atoms with van der Waals surface area (Å²) in [7, 11) is 0. The van der Waals surface area contributed by atoms with Crippen LogP contribution in [0.15, 0.2) is 18.2 Å². The van der Waals surface area contributed by atoms with Crippen LogP contribution in [-0.4, -0.2) is 55.9 Å². The number of carbonyl (C=O) groups excluding carboxylic acids is 1. The van der Waals surface area contributed by atoms with Crippen molar-refractivity contribution in [3.63, 3.8) is 0 Å². The normalized spacial score (nSPS) is 14.6. The zero-order valence-corrected chi connectivity index (χ0v) is 18.9. The van der Waals surface area contributed by atoms with E-state index < -0.39 is 41.6 Å². The number of carboxylic acid groups (broad SMARTS) is 3. The summed E-state index contributed by atoms with van der Waals surface area (Å²) < 4.78 is 0. The van der Waals surface area contributed by atoms with Gasteiger partial charge in [-0.2, -0.15) is 0 Å². The Bertz CT molecular complexity index is 839. The zero-order valence-electron chi connectivity index (χ0n) is 18.9. The van der Waals surface area contributed by atoms with E-state index in [-0.39, 0.29) is 56.1 Å². The molecule has 1 rings (SSSR count). The molecular formula is C23H33NO9. The van der Waals surface area contributed by atoms with Crippen LogP contribution in [-0.2, 0) is 25.6 Å². The van der Waals surface area contributed by atoms with Gasteiger partial charge in [0, 0.05) is 12.5 Å². The molecule has 4 atom stereocenters. The molecule has 1 amide bonds. The second-order valence-electron chi connectivity index (χ2n) is 8.33. The highest BCUT2D eigenvalue weighted by molar-refractivity contribution is 5.79. The van der Waals surface area contributed by atoms with Gasteiger partial charge < -0.3 is 30.8 Å². The first kappa shape index (κ1) is 27.7. The molecule has 0 aliphatic carbocycles. The molecule has 10 nitrogen and oxygen atoms in total. The summed E-state index contributed by atoms with van der Waals surface area (Å²) in [5, 5.41) is 49.6. The van der Waals surface area contributed by atoms with Crippen LogP contribution in [0.1, 0.15) is 51.5 Å². The predicted octanol–water partition coefficient (Wildman–Crippen LogP) is 2.47. The highest BCUT2D eigenvalue weighted by atomic mass is 16.4. The number of aliphatic carboxylic acids is 3. The third kappa shape index (κ3) is 9.38. The maximum absolute atomic E-state index is 12.4. The van der Waals surface area contributed by atoms with Crippen molar-refractivity contribution >= 4 is 23.8 Å². The molecule has 0 saturated carbocycles. The van der Waals surface area contributed by atoms with E-state index in [1.165, 1.54) is 12.1 Å². The van der Waals surface area contributed by atoms with E-state index in [1.54, 1.807) is 19.9 Å². The maximum atomic E-state index is 12.4. The number of rotatable bonds is 15. The molecule has 10 heteroatoms. The van der Waals surface area contributed by atoms with Crippen LogP contribution in [0.4, 0.5) is 0 Å². The average Bonchev–Trinajstić information content (AvgIpc) is 2.74. The molecule has 0 saturated heterocycles. The number of carboxylic acids is 3. The lowest BCUT2D eigenvalue weighted by Gasteiger charge is -2.21. The zero-order chi connectivity index (χ0) is 25.1. The van der Waals surface area contributed by atoms with E-state index in [1.807, 2.05) is 0 Å². The van der Waals surface area contributed by atoms with Crippen LogP contribution in [0, 0.1) is 23.7 Å². The molecule has 0 aliphatic heterocycles. The van der Waals surface area contributed by atoms with E-state index in [0.29, 0.717) is 12.0 Å². The van der Waals surface area contributed by atoms with Crippen molar-refractivity contribution in [3.8, 4) is 11.5 Å². The van der Waals surface area contributed by atoms with Gasteiger partial charge in [0.05, 0.1) is 17.8 Å². The topological polar surface area (TPSA) is 181 Å². The Morgan fingerprint density at radius 3 is 1.88 bits per heavy atom. The van der Waals surface area contributed by atoms with Crippen LogP contribution < -0.4 is 5.32 Å². The van der Waals surface area contributed by atoms with Gasteiger partial charge in [-0.1, -0.05) is 19.9 Å². The van der Waals surface area contributed by atoms with Crippen LogP contribution in [0.2, 0.25) is 0 Å². The van der Waals surface area contributed by atoms with Crippen LogP contribution in [0.3, 0.4) is 0 Å². The number of benzene rings is 1. The molecule has 0 bridgehead atoms. The third-order valence-electron chi connectivity index (χ3n) is 5.81. The first-order valence-corrected chi connectivity index (χ1v) is 10.9. The monoisotopic (exact) mass is 467 g/mol. The number of aromatic hydroxyl groups is 2. The summed E-state index contributed by atoms with van der Waals surface area (Å²) in [6.07, 6.45) is 0.654. The van der Waals surface area contributed by atoms with Gasteiger partial charge in [0.25, 0.3) is 0 Å². The van der Waals surface area contributed by atoms with Gasteiger partial charge in [0.15, 0.2) is 11.5 Å². The number of nitrogens with one attached hydrogen (secondary N) is 1. The first-order chi connectivity index (χ1) is 15.5. The molecule has 0 aliphatic rings. The molecule has 0 fully saturated rings. The van der Waals surface area contributed by atoms with E-state index in [9.17, 15) is 39.6 Å². The first-order valence-electron chi connectivity index (χ1n) is 10.9. The Kier molecular flexibility index (Phi) is 11.2. The fourth-order valence-electron chi connectivity index (χ4n) is 3.63. The minimum atomic E-state index is -1.16. The van der Waals surface area contributed by atoms with Gasteiger partial charge in [-0.15, -0.1) is 0 Å². The highest BCUT2D eigenvalue weighted by Gasteiger charge is 2.29. The molecule has 0 heterocycles. The summed E-state index contributed by atoms with van der Waals surface area (Å²) in [6.45, 7) is 3.49. The molecule has 184 valence electrons. The van der Waals surface area contributed by atoms with E-state index in [4.69, 9.17) is 5.11 Å². The third-order valence-corrected chi connectivity index (χ3v) is 5.81. The van der Waals surface area contributed by atoms with Crippen molar-refractivity contribution in [2.45, 2.75) is 52.4 Å². The molecule has 0 radical (unpaired) electrons. The summed E-state index contributed by atoms with van der Waals surface area (Å²) in [5.41, 5.74) is 0.702. The number of phenols is 2. The molecular weight excluding hydrogens is 434 g/mol. The summed E-state index contributed by atoms with van der Waals surface area (Å²) in [4.78, 5) is 46.8. The van der Waals surface area contributed by atoms with Crippen LogP contribution in [0.25, 0.3) is 0 Å². The van der Waals surface area contributed by atoms with Gasteiger partial charge >= 0.3 is 17.9 Å². The van der Waals surface area contributed by atoms with Gasteiger partial charge in [0.2, 0.25) is 5.91 Å². The standard InChI is InChI=1S/C23H33NO9/c1-3-15(21(28)29)12-17(23(32)33)6-5-16(22(30)31)10-13(2)20(27)24-9-8-14-4-7-18(25)19(26)11-14/h4,7,11,13,15-17,25-26H,3,5-6,8-10,12H2,1-2H3,(H,24,27)(H,28,29)(H,30,31)(H,32,33). The fourth-order valence-corrected chi connectivity index (χ4v) is 3.63. The number of hydrogen-bond acceptors (Lipinski definition) is 6. The highest BCUT2D eigenvalue weighted by Crippen LogP contribution is 2.26. The lowest BCUT2D eigenvalue weighted by molar-refractivity contribution is -0.148. The van der Waals surface area contributed by atoms with E-state index >= 15 is 0 Å². The largest absolute Gasteiger partial charge is 0.504 e. The Balaban J connectivity index is 2.60. The Morgan fingerprint density at radius 1 is 0.848 bits per heavy atom.